The van der Waals surface area contributed by atoms with Gasteiger partial charge in [-0.15, -0.1) is 22.7 Å². The molecule has 0 spiro atoms. The summed E-state index contributed by atoms with van der Waals surface area (Å²) in [5.74, 6) is 0.448. The Hall–Kier alpha value is -1.24. The summed E-state index contributed by atoms with van der Waals surface area (Å²) in [6.45, 7) is 1.71. The predicted octanol–water partition coefficient (Wildman–Crippen LogP) is 2.72. The Kier molecular flexibility index (Phi) is 4.14. The molecule has 20 heavy (non-hydrogen) atoms. The second kappa shape index (κ2) is 6.03. The fourth-order valence-electron chi connectivity index (χ4n) is 2.48. The highest BCUT2D eigenvalue weighted by molar-refractivity contribution is 7.20. The monoisotopic (exact) mass is 308 g/mol. The molecule has 6 heteroatoms. The van der Waals surface area contributed by atoms with Gasteiger partial charge in [0.05, 0.1) is 4.88 Å². The molecule has 3 rings (SSSR count). The molecule has 0 saturated carbocycles. The van der Waals surface area contributed by atoms with Crippen molar-refractivity contribution in [3.05, 3.63) is 28.6 Å². The van der Waals surface area contributed by atoms with Crippen LogP contribution in [0.5, 0.6) is 0 Å². The molecular formula is C14H16N2O2S2. The molecule has 1 saturated heterocycles. The van der Waals surface area contributed by atoms with E-state index in [1.165, 1.54) is 11.3 Å². The molecule has 1 fully saturated rings. The first-order valence-corrected chi connectivity index (χ1v) is 8.43. The van der Waals surface area contributed by atoms with Gasteiger partial charge in [0.15, 0.2) is 0 Å². The number of nitrogens with zero attached hydrogens (tertiary/aromatic N) is 2. The number of carbonyl (C=O) groups is 1. The molecule has 0 radical (unpaired) electrons. The Morgan fingerprint density at radius 2 is 2.40 bits per heavy atom. The molecule has 1 aliphatic rings. The lowest BCUT2D eigenvalue weighted by Crippen LogP contribution is -2.29. The summed E-state index contributed by atoms with van der Waals surface area (Å²) >= 11 is 3.15. The van der Waals surface area contributed by atoms with Gasteiger partial charge in [0.1, 0.15) is 10.7 Å². The van der Waals surface area contributed by atoms with Crippen LogP contribution < -0.4 is 0 Å². The molecule has 2 aromatic heterocycles. The fraction of sp³-hybridized carbons (Fsp3) is 0.429. The van der Waals surface area contributed by atoms with Gasteiger partial charge in [-0.2, -0.15) is 0 Å². The quantitative estimate of drug-likeness (QED) is 0.945. The minimum absolute atomic E-state index is 0.0181. The van der Waals surface area contributed by atoms with Crippen molar-refractivity contribution in [3.8, 4) is 9.88 Å². The van der Waals surface area contributed by atoms with Crippen molar-refractivity contribution in [2.24, 2.45) is 5.92 Å². The number of rotatable bonds is 4. The molecule has 1 atom stereocenters. The SMILES string of the molecule is O=C(c1csc(-c2cccs2)n1)N1CCC(CCO)C1. The van der Waals surface area contributed by atoms with Crippen molar-refractivity contribution in [1.29, 1.82) is 0 Å². The highest BCUT2D eigenvalue weighted by Gasteiger charge is 2.27. The molecular weight excluding hydrogens is 292 g/mol. The maximum absolute atomic E-state index is 12.4. The number of amides is 1. The van der Waals surface area contributed by atoms with E-state index in [9.17, 15) is 4.79 Å². The van der Waals surface area contributed by atoms with Gasteiger partial charge in [-0.3, -0.25) is 4.79 Å². The number of hydrogen-bond acceptors (Lipinski definition) is 5. The largest absolute Gasteiger partial charge is 0.396 e. The first-order valence-electron chi connectivity index (χ1n) is 6.67. The van der Waals surface area contributed by atoms with Crippen molar-refractivity contribution in [2.45, 2.75) is 12.8 Å². The number of likely N-dealkylation sites (tertiary alicyclic amines) is 1. The highest BCUT2D eigenvalue weighted by atomic mass is 32.1. The Morgan fingerprint density at radius 1 is 1.50 bits per heavy atom. The maximum atomic E-state index is 12.4. The van der Waals surface area contributed by atoms with E-state index < -0.39 is 0 Å². The van der Waals surface area contributed by atoms with E-state index in [1.54, 1.807) is 11.3 Å². The molecule has 106 valence electrons. The molecule has 3 heterocycles. The molecule has 2 aromatic rings. The summed E-state index contributed by atoms with van der Waals surface area (Å²) in [5, 5.41) is 13.7. The van der Waals surface area contributed by atoms with E-state index in [-0.39, 0.29) is 12.5 Å². The normalized spacial score (nSPS) is 18.6. The van der Waals surface area contributed by atoms with Crippen molar-refractivity contribution in [3.63, 3.8) is 0 Å². The van der Waals surface area contributed by atoms with E-state index in [0.29, 0.717) is 11.6 Å². The van der Waals surface area contributed by atoms with E-state index in [4.69, 9.17) is 5.11 Å². The van der Waals surface area contributed by atoms with Crippen LogP contribution in [0.25, 0.3) is 9.88 Å². The number of carbonyl (C=O) groups excluding carboxylic acids is 1. The van der Waals surface area contributed by atoms with Gasteiger partial charge in [0.25, 0.3) is 5.91 Å². The summed E-state index contributed by atoms with van der Waals surface area (Å²) < 4.78 is 0. The second-order valence-electron chi connectivity index (χ2n) is 4.93. The number of hydrogen-bond donors (Lipinski definition) is 1. The van der Waals surface area contributed by atoms with Gasteiger partial charge in [-0.1, -0.05) is 6.07 Å². The van der Waals surface area contributed by atoms with Crippen molar-refractivity contribution < 1.29 is 9.90 Å². The van der Waals surface area contributed by atoms with E-state index >= 15 is 0 Å². The van der Waals surface area contributed by atoms with Crippen LogP contribution in [0.2, 0.25) is 0 Å². The lowest BCUT2D eigenvalue weighted by molar-refractivity contribution is 0.0780. The molecule has 0 aliphatic carbocycles. The number of thiophene rings is 1. The third-order valence-electron chi connectivity index (χ3n) is 3.57. The Bertz CT molecular complexity index is 580. The zero-order chi connectivity index (χ0) is 13.9. The van der Waals surface area contributed by atoms with E-state index in [0.717, 1.165) is 35.8 Å². The molecule has 4 nitrogen and oxygen atoms in total. The van der Waals surface area contributed by atoms with Crippen LogP contribution in [0.4, 0.5) is 0 Å². The summed E-state index contributed by atoms with van der Waals surface area (Å²) in [4.78, 5) is 19.8. The summed E-state index contributed by atoms with van der Waals surface area (Å²) in [6.07, 6.45) is 1.76. The van der Waals surface area contributed by atoms with Gasteiger partial charge in [0.2, 0.25) is 0 Å². The Morgan fingerprint density at radius 3 is 3.15 bits per heavy atom. The maximum Gasteiger partial charge on any atom is 0.273 e. The minimum Gasteiger partial charge on any atom is -0.396 e. The molecule has 1 aliphatic heterocycles. The number of aliphatic hydroxyl groups excluding tert-OH is 1. The minimum atomic E-state index is 0.0181. The van der Waals surface area contributed by atoms with Gasteiger partial charge < -0.3 is 10.0 Å². The van der Waals surface area contributed by atoms with E-state index in [2.05, 4.69) is 4.98 Å². The molecule has 1 unspecified atom stereocenters. The number of aliphatic hydroxyl groups is 1. The van der Waals surface area contributed by atoms with Crippen LogP contribution in [0, 0.1) is 5.92 Å². The van der Waals surface area contributed by atoms with Gasteiger partial charge >= 0.3 is 0 Å². The average Bonchev–Trinajstić information content (AvgIpc) is 3.19. The van der Waals surface area contributed by atoms with Gasteiger partial charge in [0, 0.05) is 25.1 Å². The molecule has 0 aromatic carbocycles. The van der Waals surface area contributed by atoms with Crippen LogP contribution in [-0.4, -0.2) is 40.6 Å². The molecule has 0 bridgehead atoms. The topological polar surface area (TPSA) is 53.4 Å². The van der Waals surface area contributed by atoms with Crippen LogP contribution in [0.3, 0.4) is 0 Å². The van der Waals surface area contributed by atoms with Crippen LogP contribution >= 0.6 is 22.7 Å². The van der Waals surface area contributed by atoms with Crippen LogP contribution in [0.1, 0.15) is 23.3 Å². The first-order chi connectivity index (χ1) is 9.78. The summed E-state index contributed by atoms with van der Waals surface area (Å²) in [5.41, 5.74) is 0.544. The van der Waals surface area contributed by atoms with Gasteiger partial charge in [-0.25, -0.2) is 4.98 Å². The zero-order valence-corrected chi connectivity index (χ0v) is 12.6. The third-order valence-corrected chi connectivity index (χ3v) is 5.45. The van der Waals surface area contributed by atoms with Crippen molar-refractivity contribution in [2.75, 3.05) is 19.7 Å². The number of aromatic nitrogens is 1. The smallest absolute Gasteiger partial charge is 0.273 e. The summed E-state index contributed by atoms with van der Waals surface area (Å²) in [7, 11) is 0. The molecule has 1 N–H and O–H groups in total. The van der Waals surface area contributed by atoms with Crippen LogP contribution in [-0.2, 0) is 0 Å². The summed E-state index contributed by atoms with van der Waals surface area (Å²) in [6, 6.07) is 4.01. The Balaban J connectivity index is 1.69. The van der Waals surface area contributed by atoms with E-state index in [1.807, 2.05) is 27.8 Å². The average molecular weight is 308 g/mol. The van der Waals surface area contributed by atoms with Crippen molar-refractivity contribution >= 4 is 28.6 Å². The fourth-order valence-corrected chi connectivity index (χ4v) is 4.09. The zero-order valence-electron chi connectivity index (χ0n) is 11.0. The van der Waals surface area contributed by atoms with Crippen molar-refractivity contribution in [1.82, 2.24) is 9.88 Å². The number of thiazole rings is 1. The highest BCUT2D eigenvalue weighted by Crippen LogP contribution is 2.29. The van der Waals surface area contributed by atoms with Gasteiger partial charge in [-0.05, 0) is 30.2 Å². The molecule has 1 amide bonds. The lowest BCUT2D eigenvalue weighted by atomic mass is 10.1. The second-order valence-corrected chi connectivity index (χ2v) is 6.74. The van der Waals surface area contributed by atoms with Crippen LogP contribution in [0.15, 0.2) is 22.9 Å². The predicted molar refractivity (Wildman–Crippen MR) is 81.1 cm³/mol. The lowest BCUT2D eigenvalue weighted by Gasteiger charge is -2.14. The Labute approximate surface area is 125 Å². The standard InChI is InChI=1S/C14H16N2O2S2/c17-6-4-10-3-5-16(8-10)14(18)11-9-20-13(15-11)12-2-1-7-19-12/h1-2,7,9-10,17H,3-6,8H2. The third kappa shape index (κ3) is 2.77. The first kappa shape index (κ1) is 13.7.